The summed E-state index contributed by atoms with van der Waals surface area (Å²) in [6, 6.07) is 13.1. The summed E-state index contributed by atoms with van der Waals surface area (Å²) < 4.78 is 3.28. The van der Waals surface area contributed by atoms with Crippen molar-refractivity contribution < 1.29 is 4.79 Å². The van der Waals surface area contributed by atoms with Crippen LogP contribution in [0.15, 0.2) is 52.4 Å². The van der Waals surface area contributed by atoms with Gasteiger partial charge in [-0.3, -0.25) is 18.6 Å². The van der Waals surface area contributed by atoms with Gasteiger partial charge in [0.1, 0.15) is 0 Å². The molecule has 0 radical (unpaired) electrons. The van der Waals surface area contributed by atoms with E-state index in [1.54, 1.807) is 13.1 Å². The fourth-order valence-electron chi connectivity index (χ4n) is 3.05. The van der Waals surface area contributed by atoms with Crippen LogP contribution in [0.2, 0.25) is 0 Å². The third-order valence-corrected chi connectivity index (χ3v) is 5.65. The molecule has 142 valence electrons. The summed E-state index contributed by atoms with van der Waals surface area (Å²) in [7, 11) is 1.67. The van der Waals surface area contributed by atoms with Gasteiger partial charge in [0.2, 0.25) is 11.7 Å². The molecular weight excluding hydrogens is 374 g/mol. The maximum atomic E-state index is 12.5. The standard InChI is InChI=1S/C20H19N5O2S/c1-12-8-9-14(10-13(12)2)21-17(26)11-28-20-23-22-19-24(3)18(27)15-6-4-5-7-16(15)25(19)20/h4-10H,11H2,1-3H3,(H,21,26). The van der Waals surface area contributed by atoms with E-state index in [0.29, 0.717) is 16.3 Å². The zero-order valence-corrected chi connectivity index (χ0v) is 16.6. The minimum absolute atomic E-state index is 0.125. The van der Waals surface area contributed by atoms with E-state index >= 15 is 0 Å². The highest BCUT2D eigenvalue weighted by molar-refractivity contribution is 7.99. The first-order chi connectivity index (χ1) is 13.5. The molecule has 1 amide bonds. The first-order valence-electron chi connectivity index (χ1n) is 8.78. The largest absolute Gasteiger partial charge is 0.325 e. The Labute approximate surface area is 165 Å². The Bertz CT molecular complexity index is 1280. The normalized spacial score (nSPS) is 11.2. The van der Waals surface area contributed by atoms with Gasteiger partial charge in [0.25, 0.3) is 5.56 Å². The van der Waals surface area contributed by atoms with E-state index in [9.17, 15) is 9.59 Å². The molecule has 0 unspecified atom stereocenters. The first-order valence-corrected chi connectivity index (χ1v) is 9.77. The Morgan fingerprint density at radius 2 is 1.89 bits per heavy atom. The third kappa shape index (κ3) is 3.16. The average molecular weight is 393 g/mol. The highest BCUT2D eigenvalue weighted by atomic mass is 32.2. The van der Waals surface area contributed by atoms with E-state index in [0.717, 1.165) is 16.8 Å². The number of thioether (sulfide) groups is 1. The van der Waals surface area contributed by atoms with Crippen LogP contribution in [0.3, 0.4) is 0 Å². The van der Waals surface area contributed by atoms with Gasteiger partial charge in [-0.2, -0.15) is 0 Å². The molecular formula is C20H19N5O2S. The number of aromatic nitrogens is 4. The van der Waals surface area contributed by atoms with Gasteiger partial charge in [0.05, 0.1) is 16.7 Å². The number of hydrogen-bond donors (Lipinski definition) is 1. The predicted molar refractivity (Wildman–Crippen MR) is 111 cm³/mol. The second kappa shape index (κ2) is 7.12. The Balaban J connectivity index is 1.61. The van der Waals surface area contributed by atoms with E-state index < -0.39 is 0 Å². The Morgan fingerprint density at radius 3 is 2.68 bits per heavy atom. The van der Waals surface area contributed by atoms with Gasteiger partial charge in [-0.15, -0.1) is 10.2 Å². The van der Waals surface area contributed by atoms with Crippen LogP contribution >= 0.6 is 11.8 Å². The van der Waals surface area contributed by atoms with Crippen LogP contribution in [0.4, 0.5) is 5.69 Å². The lowest BCUT2D eigenvalue weighted by Crippen LogP contribution is -2.20. The number of nitrogens with zero attached hydrogens (tertiary/aromatic N) is 4. The molecule has 0 aliphatic carbocycles. The zero-order chi connectivity index (χ0) is 19.8. The summed E-state index contributed by atoms with van der Waals surface area (Å²) in [5.41, 5.74) is 3.68. The van der Waals surface area contributed by atoms with Gasteiger partial charge < -0.3 is 5.32 Å². The molecule has 0 spiro atoms. The molecule has 0 bridgehead atoms. The number of nitrogens with one attached hydrogen (secondary N) is 1. The molecule has 8 heteroatoms. The molecule has 0 saturated heterocycles. The lowest BCUT2D eigenvalue weighted by Gasteiger charge is -2.08. The summed E-state index contributed by atoms with van der Waals surface area (Å²) >= 11 is 1.28. The van der Waals surface area contributed by atoms with Gasteiger partial charge in [0.15, 0.2) is 5.16 Å². The number of fused-ring (bicyclic) bond motifs is 3. The minimum Gasteiger partial charge on any atom is -0.325 e. The maximum Gasteiger partial charge on any atom is 0.262 e. The van der Waals surface area contributed by atoms with Crippen molar-refractivity contribution in [3.8, 4) is 0 Å². The number of amides is 1. The van der Waals surface area contributed by atoms with Crippen molar-refractivity contribution in [1.82, 2.24) is 19.2 Å². The topological polar surface area (TPSA) is 81.3 Å². The second-order valence-electron chi connectivity index (χ2n) is 6.64. The van der Waals surface area contributed by atoms with Crippen molar-refractivity contribution in [1.29, 1.82) is 0 Å². The Kier molecular flexibility index (Phi) is 4.64. The van der Waals surface area contributed by atoms with Crippen LogP contribution in [-0.4, -0.2) is 30.8 Å². The molecule has 0 aliphatic rings. The van der Waals surface area contributed by atoms with Gasteiger partial charge in [0, 0.05) is 12.7 Å². The fourth-order valence-corrected chi connectivity index (χ4v) is 3.79. The molecule has 0 aliphatic heterocycles. The van der Waals surface area contributed by atoms with Gasteiger partial charge >= 0.3 is 0 Å². The number of para-hydroxylation sites is 1. The van der Waals surface area contributed by atoms with Crippen LogP contribution < -0.4 is 10.9 Å². The summed E-state index contributed by atoms with van der Waals surface area (Å²) in [4.78, 5) is 24.9. The van der Waals surface area contributed by atoms with E-state index in [2.05, 4.69) is 15.5 Å². The first kappa shape index (κ1) is 18.2. The van der Waals surface area contributed by atoms with E-state index in [-0.39, 0.29) is 17.2 Å². The van der Waals surface area contributed by atoms with Crippen molar-refractivity contribution in [2.75, 3.05) is 11.1 Å². The number of carbonyl (C=O) groups is 1. The fraction of sp³-hybridized carbons (Fsp3) is 0.200. The molecule has 0 atom stereocenters. The minimum atomic E-state index is -0.126. The molecule has 0 saturated carbocycles. The van der Waals surface area contributed by atoms with E-state index in [4.69, 9.17) is 0 Å². The lowest BCUT2D eigenvalue weighted by molar-refractivity contribution is -0.113. The number of rotatable bonds is 4. The van der Waals surface area contributed by atoms with Crippen LogP contribution in [0, 0.1) is 13.8 Å². The summed E-state index contributed by atoms with van der Waals surface area (Å²) in [6.07, 6.45) is 0. The number of benzene rings is 2. The molecule has 4 rings (SSSR count). The van der Waals surface area contributed by atoms with Crippen LogP contribution in [-0.2, 0) is 11.8 Å². The molecule has 1 N–H and O–H groups in total. The monoisotopic (exact) mass is 393 g/mol. The quantitative estimate of drug-likeness (QED) is 0.539. The molecule has 28 heavy (non-hydrogen) atoms. The number of anilines is 1. The number of aryl methyl sites for hydroxylation is 3. The SMILES string of the molecule is Cc1ccc(NC(=O)CSc2nnc3n(C)c(=O)c4ccccc4n23)cc1C. The highest BCUT2D eigenvalue weighted by Crippen LogP contribution is 2.22. The molecule has 4 aromatic rings. The van der Waals surface area contributed by atoms with Crippen molar-refractivity contribution in [2.24, 2.45) is 7.05 Å². The van der Waals surface area contributed by atoms with Crippen molar-refractivity contribution >= 4 is 40.0 Å². The van der Waals surface area contributed by atoms with Crippen LogP contribution in [0.5, 0.6) is 0 Å². The van der Waals surface area contributed by atoms with Crippen LogP contribution in [0.1, 0.15) is 11.1 Å². The van der Waals surface area contributed by atoms with Gasteiger partial charge in [-0.25, -0.2) is 0 Å². The third-order valence-electron chi connectivity index (χ3n) is 4.72. The highest BCUT2D eigenvalue weighted by Gasteiger charge is 2.16. The smallest absolute Gasteiger partial charge is 0.262 e. The molecule has 7 nitrogen and oxygen atoms in total. The summed E-state index contributed by atoms with van der Waals surface area (Å²) in [5.74, 6) is 0.505. The summed E-state index contributed by atoms with van der Waals surface area (Å²) in [5, 5.41) is 12.4. The van der Waals surface area contributed by atoms with Crippen molar-refractivity contribution in [3.63, 3.8) is 0 Å². The Hall–Kier alpha value is -3.13. The van der Waals surface area contributed by atoms with Gasteiger partial charge in [-0.05, 0) is 49.2 Å². The zero-order valence-electron chi connectivity index (χ0n) is 15.8. The average Bonchev–Trinajstić information content (AvgIpc) is 3.12. The second-order valence-corrected chi connectivity index (χ2v) is 7.58. The van der Waals surface area contributed by atoms with Crippen molar-refractivity contribution in [2.45, 2.75) is 19.0 Å². The number of hydrogen-bond acceptors (Lipinski definition) is 5. The summed E-state index contributed by atoms with van der Waals surface area (Å²) in [6.45, 7) is 4.04. The van der Waals surface area contributed by atoms with E-state index in [1.165, 1.54) is 21.9 Å². The predicted octanol–water partition coefficient (Wildman–Crippen LogP) is 2.93. The molecule has 0 fully saturated rings. The maximum absolute atomic E-state index is 12.5. The molecule has 2 heterocycles. The molecule has 2 aromatic heterocycles. The Morgan fingerprint density at radius 1 is 1.11 bits per heavy atom. The number of carbonyl (C=O) groups excluding carboxylic acids is 1. The van der Waals surface area contributed by atoms with E-state index in [1.807, 2.05) is 54.6 Å². The molecule has 2 aromatic carbocycles. The lowest BCUT2D eigenvalue weighted by atomic mass is 10.1. The van der Waals surface area contributed by atoms with Gasteiger partial charge in [-0.1, -0.05) is 30.0 Å². The van der Waals surface area contributed by atoms with Crippen molar-refractivity contribution in [3.05, 3.63) is 63.9 Å². The van der Waals surface area contributed by atoms with Crippen LogP contribution in [0.25, 0.3) is 16.7 Å².